The van der Waals surface area contributed by atoms with Crippen LogP contribution in [-0.4, -0.2) is 31.3 Å². The molecule has 19 heavy (non-hydrogen) atoms. The fraction of sp³-hybridized carbons (Fsp3) is 0.385. The predicted octanol–water partition coefficient (Wildman–Crippen LogP) is 1.10. The lowest BCUT2D eigenvalue weighted by Gasteiger charge is -2.15. The number of cyclic esters (lactones) is 1. The van der Waals surface area contributed by atoms with Gasteiger partial charge in [-0.25, -0.2) is 4.79 Å². The molecule has 0 aliphatic carbocycles. The van der Waals surface area contributed by atoms with Gasteiger partial charge in [0.2, 0.25) is 0 Å². The molecule has 0 saturated carbocycles. The van der Waals surface area contributed by atoms with E-state index in [1.165, 1.54) is 14.2 Å². The Morgan fingerprint density at radius 1 is 1.42 bits per heavy atom. The van der Waals surface area contributed by atoms with Gasteiger partial charge in [-0.15, -0.1) is 0 Å². The van der Waals surface area contributed by atoms with Crippen molar-refractivity contribution < 1.29 is 28.9 Å². The molecule has 102 valence electrons. The topological polar surface area (TPSA) is 82.1 Å². The molecule has 2 rings (SSSR count). The maximum Gasteiger partial charge on any atom is 0.342 e. The summed E-state index contributed by atoms with van der Waals surface area (Å²) < 4.78 is 14.7. The maximum absolute atomic E-state index is 11.6. The van der Waals surface area contributed by atoms with Crippen molar-refractivity contribution in [2.24, 2.45) is 0 Å². The van der Waals surface area contributed by atoms with Crippen molar-refractivity contribution in [2.45, 2.75) is 20.0 Å². The molecule has 0 spiro atoms. The number of rotatable bonds is 3. The van der Waals surface area contributed by atoms with Crippen LogP contribution in [0.3, 0.4) is 0 Å². The average Bonchev–Trinajstić information content (AvgIpc) is 2.78. The van der Waals surface area contributed by atoms with E-state index >= 15 is 0 Å². The van der Waals surface area contributed by atoms with Crippen LogP contribution in [-0.2, 0) is 27.3 Å². The normalized spacial score (nSPS) is 12.9. The number of benzene rings is 1. The van der Waals surface area contributed by atoms with Crippen LogP contribution in [0, 0.1) is 6.92 Å². The number of esters is 2. The lowest BCUT2D eigenvalue weighted by Crippen LogP contribution is -2.09. The first-order valence-electron chi connectivity index (χ1n) is 5.66. The summed E-state index contributed by atoms with van der Waals surface area (Å²) in [6.07, 6.45) is -0.174. The van der Waals surface area contributed by atoms with Crippen molar-refractivity contribution in [1.82, 2.24) is 0 Å². The van der Waals surface area contributed by atoms with Crippen molar-refractivity contribution in [2.75, 3.05) is 14.2 Å². The highest BCUT2D eigenvalue weighted by Crippen LogP contribution is 2.41. The molecule has 0 unspecified atom stereocenters. The third-order valence-electron chi connectivity index (χ3n) is 3.20. The molecule has 0 radical (unpaired) electrons. The van der Waals surface area contributed by atoms with Gasteiger partial charge in [0.1, 0.15) is 23.7 Å². The second-order valence-corrected chi connectivity index (χ2v) is 4.17. The summed E-state index contributed by atoms with van der Waals surface area (Å²) in [6.45, 7) is 1.85. The Kier molecular flexibility index (Phi) is 3.33. The predicted molar refractivity (Wildman–Crippen MR) is 64.2 cm³/mol. The van der Waals surface area contributed by atoms with Crippen LogP contribution in [0.15, 0.2) is 0 Å². The molecule has 1 heterocycles. The minimum atomic E-state index is -0.593. The number of aromatic hydroxyl groups is 1. The molecule has 1 aromatic carbocycles. The van der Waals surface area contributed by atoms with Crippen molar-refractivity contribution in [1.29, 1.82) is 0 Å². The van der Waals surface area contributed by atoms with E-state index in [9.17, 15) is 14.7 Å². The highest BCUT2D eigenvalue weighted by Gasteiger charge is 2.32. The second-order valence-electron chi connectivity index (χ2n) is 4.17. The number of methoxy groups -OCH3 is 2. The van der Waals surface area contributed by atoms with Crippen LogP contribution < -0.4 is 4.74 Å². The van der Waals surface area contributed by atoms with Crippen molar-refractivity contribution in [3.63, 3.8) is 0 Å². The lowest BCUT2D eigenvalue weighted by molar-refractivity contribution is -0.139. The van der Waals surface area contributed by atoms with E-state index < -0.39 is 11.9 Å². The summed E-state index contributed by atoms with van der Waals surface area (Å²) in [4.78, 5) is 23.0. The zero-order chi connectivity index (χ0) is 14.2. The Morgan fingerprint density at radius 3 is 2.68 bits per heavy atom. The molecular weight excluding hydrogens is 252 g/mol. The minimum Gasteiger partial charge on any atom is -0.507 e. The van der Waals surface area contributed by atoms with Crippen LogP contribution in [0.2, 0.25) is 0 Å². The monoisotopic (exact) mass is 266 g/mol. The Labute approximate surface area is 109 Å². The molecule has 6 heteroatoms. The van der Waals surface area contributed by atoms with E-state index in [0.29, 0.717) is 16.9 Å². The fourth-order valence-electron chi connectivity index (χ4n) is 2.22. The Balaban J connectivity index is 2.65. The zero-order valence-corrected chi connectivity index (χ0v) is 10.9. The number of phenolic OH excluding ortho intramolecular Hbond substituents is 1. The molecule has 0 amide bonds. The molecule has 1 aromatic rings. The maximum atomic E-state index is 11.6. The zero-order valence-electron chi connectivity index (χ0n) is 10.9. The van der Waals surface area contributed by atoms with E-state index in [0.717, 1.165) is 0 Å². The summed E-state index contributed by atoms with van der Waals surface area (Å²) in [5.41, 5.74) is 1.62. The van der Waals surface area contributed by atoms with Gasteiger partial charge in [0.25, 0.3) is 0 Å². The van der Waals surface area contributed by atoms with Gasteiger partial charge in [-0.1, -0.05) is 0 Å². The van der Waals surface area contributed by atoms with Gasteiger partial charge in [-0.3, -0.25) is 4.79 Å². The van der Waals surface area contributed by atoms with Crippen LogP contribution in [0.1, 0.15) is 27.0 Å². The number of ether oxygens (including phenoxy) is 3. The van der Waals surface area contributed by atoms with Crippen molar-refractivity contribution >= 4 is 11.9 Å². The molecule has 1 aliphatic rings. The summed E-state index contributed by atoms with van der Waals surface area (Å²) in [7, 11) is 2.69. The van der Waals surface area contributed by atoms with Gasteiger partial charge in [-0.2, -0.15) is 0 Å². The van der Waals surface area contributed by atoms with Gasteiger partial charge in [0, 0.05) is 11.1 Å². The van der Waals surface area contributed by atoms with Gasteiger partial charge in [0.05, 0.1) is 20.6 Å². The number of carbonyl (C=O) groups excluding carboxylic acids is 2. The molecule has 0 aromatic heterocycles. The van der Waals surface area contributed by atoms with Gasteiger partial charge >= 0.3 is 11.9 Å². The van der Waals surface area contributed by atoms with Crippen LogP contribution in [0.4, 0.5) is 0 Å². The number of carbonyl (C=O) groups is 2. The van der Waals surface area contributed by atoms with E-state index in [2.05, 4.69) is 4.74 Å². The highest BCUT2D eigenvalue weighted by atomic mass is 16.5. The Hall–Kier alpha value is -2.24. The summed E-state index contributed by atoms with van der Waals surface area (Å²) >= 11 is 0. The average molecular weight is 266 g/mol. The van der Waals surface area contributed by atoms with Crippen molar-refractivity contribution in [3.8, 4) is 11.5 Å². The smallest absolute Gasteiger partial charge is 0.342 e. The summed E-state index contributed by atoms with van der Waals surface area (Å²) in [6, 6.07) is 0. The second kappa shape index (κ2) is 4.79. The summed E-state index contributed by atoms with van der Waals surface area (Å²) in [5.74, 6) is -1.02. The van der Waals surface area contributed by atoms with Gasteiger partial charge in [-0.05, 0) is 12.5 Å². The SMILES string of the molecule is COC(=O)Cc1c(O)c2c(c(C)c1OC)COC2=O. The number of hydrogen-bond acceptors (Lipinski definition) is 6. The first-order valence-corrected chi connectivity index (χ1v) is 5.66. The molecule has 0 saturated heterocycles. The van der Waals surface area contributed by atoms with Crippen molar-refractivity contribution in [3.05, 3.63) is 22.3 Å². The molecule has 1 N–H and O–H groups in total. The largest absolute Gasteiger partial charge is 0.507 e. The van der Waals surface area contributed by atoms with E-state index in [1.54, 1.807) is 6.92 Å². The Morgan fingerprint density at radius 2 is 2.11 bits per heavy atom. The minimum absolute atomic E-state index is 0.0996. The van der Waals surface area contributed by atoms with Gasteiger partial charge < -0.3 is 19.3 Å². The molecule has 0 fully saturated rings. The summed E-state index contributed by atoms with van der Waals surface area (Å²) in [5, 5.41) is 10.2. The highest BCUT2D eigenvalue weighted by molar-refractivity contribution is 5.98. The molecule has 0 atom stereocenters. The first-order chi connectivity index (χ1) is 9.01. The standard InChI is InChI=1S/C13H14O6/c1-6-8-5-19-13(16)10(8)11(15)7(12(6)18-3)4-9(14)17-2/h15H,4-5H2,1-3H3. The lowest BCUT2D eigenvalue weighted by atomic mass is 9.95. The van der Waals surface area contributed by atoms with Crippen LogP contribution in [0.5, 0.6) is 11.5 Å². The van der Waals surface area contributed by atoms with Crippen LogP contribution >= 0.6 is 0 Å². The molecule has 6 nitrogen and oxygen atoms in total. The quantitative estimate of drug-likeness (QED) is 0.825. The number of hydrogen-bond donors (Lipinski definition) is 1. The van der Waals surface area contributed by atoms with Gasteiger partial charge in [0.15, 0.2) is 0 Å². The molecular formula is C13H14O6. The molecule has 0 bridgehead atoms. The third kappa shape index (κ3) is 1.99. The third-order valence-corrected chi connectivity index (χ3v) is 3.20. The Bertz CT molecular complexity index is 561. The number of phenols is 1. The van der Waals surface area contributed by atoms with E-state index in [-0.39, 0.29) is 29.9 Å². The molecule has 1 aliphatic heterocycles. The van der Waals surface area contributed by atoms with Crippen LogP contribution in [0.25, 0.3) is 0 Å². The first kappa shape index (κ1) is 13.2. The van der Waals surface area contributed by atoms with E-state index in [1.807, 2.05) is 0 Å². The fourth-order valence-corrected chi connectivity index (χ4v) is 2.22. The van der Waals surface area contributed by atoms with E-state index in [4.69, 9.17) is 9.47 Å². The number of fused-ring (bicyclic) bond motifs is 1.